The van der Waals surface area contributed by atoms with Crippen LogP contribution in [-0.2, 0) is 32.5 Å². The number of aromatic nitrogens is 2. The van der Waals surface area contributed by atoms with Crippen LogP contribution in [0.5, 0.6) is 0 Å². The molecular weight excluding hydrogens is 464 g/mol. The maximum absolute atomic E-state index is 12.5. The van der Waals surface area contributed by atoms with Crippen molar-refractivity contribution in [2.75, 3.05) is 4.72 Å². The Labute approximate surface area is 193 Å². The molecule has 4 rings (SSSR count). The number of aliphatic carboxylic acids is 1. The fourth-order valence-electron chi connectivity index (χ4n) is 3.34. The molecule has 0 aliphatic rings. The number of nitrogens with one attached hydrogen (secondary N) is 3. The highest BCUT2D eigenvalue weighted by Gasteiger charge is 2.23. The number of hydrogen-bond donors (Lipinski definition) is 4. The second kappa shape index (κ2) is 9.43. The fraction of sp³-hybridized carbons (Fsp3) is 0.136. The lowest BCUT2D eigenvalue weighted by Gasteiger charge is -2.14. The van der Waals surface area contributed by atoms with Gasteiger partial charge in [0.05, 0.1) is 17.0 Å². The minimum absolute atomic E-state index is 0.0982. The molecule has 0 radical (unpaired) electrons. The average Bonchev–Trinajstić information content (AvgIpc) is 3.40. The number of thiazole rings is 1. The number of rotatable bonds is 9. The minimum Gasteiger partial charge on any atom is -0.480 e. The van der Waals surface area contributed by atoms with Crippen molar-refractivity contribution in [1.82, 2.24) is 15.3 Å². The molecule has 4 N–H and O–H groups in total. The molecule has 9 nitrogen and oxygen atoms in total. The van der Waals surface area contributed by atoms with Crippen LogP contribution < -0.4 is 10.0 Å². The van der Waals surface area contributed by atoms with Gasteiger partial charge < -0.3 is 15.4 Å². The quantitative estimate of drug-likeness (QED) is 0.288. The van der Waals surface area contributed by atoms with E-state index in [0.29, 0.717) is 5.69 Å². The summed E-state index contributed by atoms with van der Waals surface area (Å²) in [5.74, 6) is -1.67. The van der Waals surface area contributed by atoms with Gasteiger partial charge in [-0.05, 0) is 23.8 Å². The van der Waals surface area contributed by atoms with Crippen LogP contribution in [0.15, 0.2) is 71.1 Å². The van der Waals surface area contributed by atoms with Gasteiger partial charge in [-0.25, -0.2) is 18.2 Å². The van der Waals surface area contributed by atoms with E-state index in [1.165, 1.54) is 12.1 Å². The molecule has 0 spiro atoms. The number of fused-ring (bicyclic) bond motifs is 1. The molecule has 1 amide bonds. The Morgan fingerprint density at radius 1 is 1.09 bits per heavy atom. The molecule has 0 bridgehead atoms. The average molecular weight is 485 g/mol. The monoisotopic (exact) mass is 484 g/mol. The van der Waals surface area contributed by atoms with Crippen molar-refractivity contribution < 1.29 is 23.1 Å². The fourth-order valence-corrected chi connectivity index (χ4v) is 5.32. The summed E-state index contributed by atoms with van der Waals surface area (Å²) in [6, 6.07) is 14.3. The maximum Gasteiger partial charge on any atom is 0.326 e. The van der Waals surface area contributed by atoms with Crippen molar-refractivity contribution >= 4 is 49.3 Å². The van der Waals surface area contributed by atoms with E-state index in [2.05, 4.69) is 20.0 Å². The number of aromatic amines is 1. The second-order valence-electron chi connectivity index (χ2n) is 7.26. The lowest BCUT2D eigenvalue weighted by atomic mass is 10.0. The molecule has 11 heteroatoms. The molecule has 1 atom stereocenters. The highest BCUT2D eigenvalue weighted by molar-refractivity contribution is 7.93. The number of carboxylic acids is 1. The Hall–Kier alpha value is -3.70. The topological polar surface area (TPSA) is 141 Å². The molecule has 33 heavy (non-hydrogen) atoms. The van der Waals surface area contributed by atoms with Crippen LogP contribution in [-0.4, -0.2) is 41.4 Å². The van der Waals surface area contributed by atoms with Gasteiger partial charge in [0.15, 0.2) is 5.13 Å². The lowest BCUT2D eigenvalue weighted by molar-refractivity contribution is -0.141. The predicted octanol–water partition coefficient (Wildman–Crippen LogP) is 2.78. The van der Waals surface area contributed by atoms with E-state index in [9.17, 15) is 23.1 Å². The van der Waals surface area contributed by atoms with Gasteiger partial charge in [0.2, 0.25) is 5.91 Å². The molecule has 0 aliphatic heterocycles. The van der Waals surface area contributed by atoms with E-state index < -0.39 is 27.9 Å². The van der Waals surface area contributed by atoms with E-state index in [0.717, 1.165) is 27.8 Å². The van der Waals surface area contributed by atoms with Gasteiger partial charge in [-0.3, -0.25) is 9.52 Å². The number of H-pyrrole nitrogens is 1. The molecular formula is C22H20N4O5S2. The smallest absolute Gasteiger partial charge is 0.326 e. The van der Waals surface area contributed by atoms with E-state index in [1.54, 1.807) is 29.8 Å². The largest absolute Gasteiger partial charge is 0.480 e. The van der Waals surface area contributed by atoms with Crippen LogP contribution in [0.2, 0.25) is 0 Å². The first-order valence-electron chi connectivity index (χ1n) is 9.91. The Morgan fingerprint density at radius 2 is 1.82 bits per heavy atom. The SMILES string of the molecule is O=C(Cc1csc(NS(=O)(=O)c2ccccc2)n1)NC(Cc1c[nH]c2ccccc12)C(=O)O. The lowest BCUT2D eigenvalue weighted by Crippen LogP contribution is -2.43. The Morgan fingerprint density at radius 3 is 2.58 bits per heavy atom. The molecule has 0 saturated heterocycles. The van der Waals surface area contributed by atoms with Crippen LogP contribution in [0.25, 0.3) is 10.9 Å². The van der Waals surface area contributed by atoms with Crippen LogP contribution >= 0.6 is 11.3 Å². The van der Waals surface area contributed by atoms with Gasteiger partial charge in [-0.15, -0.1) is 11.3 Å². The van der Waals surface area contributed by atoms with Gasteiger partial charge in [0.1, 0.15) is 6.04 Å². The molecule has 1 unspecified atom stereocenters. The van der Waals surface area contributed by atoms with E-state index in [-0.39, 0.29) is 22.9 Å². The summed E-state index contributed by atoms with van der Waals surface area (Å²) < 4.78 is 27.2. The number of sulfonamides is 1. The number of benzene rings is 2. The van der Waals surface area contributed by atoms with E-state index in [4.69, 9.17) is 0 Å². The zero-order valence-electron chi connectivity index (χ0n) is 17.2. The van der Waals surface area contributed by atoms with Crippen LogP contribution in [0, 0.1) is 0 Å². The first-order valence-corrected chi connectivity index (χ1v) is 12.3. The maximum atomic E-state index is 12.5. The summed E-state index contributed by atoms with van der Waals surface area (Å²) in [4.78, 5) is 31.5. The van der Waals surface area contributed by atoms with Crippen molar-refractivity contribution in [2.45, 2.75) is 23.8 Å². The zero-order valence-corrected chi connectivity index (χ0v) is 18.8. The number of carbonyl (C=O) groups is 2. The number of para-hydroxylation sites is 1. The van der Waals surface area contributed by atoms with Crippen LogP contribution in [0.3, 0.4) is 0 Å². The van der Waals surface area contributed by atoms with Crippen molar-refractivity contribution in [3.8, 4) is 0 Å². The highest BCUT2D eigenvalue weighted by Crippen LogP contribution is 2.21. The van der Waals surface area contributed by atoms with E-state index >= 15 is 0 Å². The summed E-state index contributed by atoms with van der Waals surface area (Å²) >= 11 is 1.04. The number of nitrogens with zero attached hydrogens (tertiary/aromatic N) is 1. The summed E-state index contributed by atoms with van der Waals surface area (Å²) in [5.41, 5.74) is 2.00. The summed E-state index contributed by atoms with van der Waals surface area (Å²) in [6.07, 6.45) is 1.67. The van der Waals surface area contributed by atoms with Gasteiger partial charge >= 0.3 is 5.97 Å². The Kier molecular flexibility index (Phi) is 6.43. The van der Waals surface area contributed by atoms with Gasteiger partial charge in [-0.1, -0.05) is 36.4 Å². The van der Waals surface area contributed by atoms with Crippen molar-refractivity contribution in [1.29, 1.82) is 0 Å². The molecule has 170 valence electrons. The minimum atomic E-state index is -3.79. The van der Waals surface area contributed by atoms with Gasteiger partial charge in [0, 0.05) is 28.9 Å². The third-order valence-electron chi connectivity index (χ3n) is 4.90. The van der Waals surface area contributed by atoms with Crippen LogP contribution in [0.4, 0.5) is 5.13 Å². The third kappa shape index (κ3) is 5.38. The number of anilines is 1. The first-order chi connectivity index (χ1) is 15.8. The number of amides is 1. The summed E-state index contributed by atoms with van der Waals surface area (Å²) in [5, 5.41) is 14.7. The molecule has 2 heterocycles. The summed E-state index contributed by atoms with van der Waals surface area (Å²) in [6.45, 7) is 0. The normalized spacial score (nSPS) is 12.4. The second-order valence-corrected chi connectivity index (χ2v) is 9.80. The van der Waals surface area contributed by atoms with Gasteiger partial charge in [0.25, 0.3) is 10.0 Å². The number of hydrogen-bond acceptors (Lipinski definition) is 6. The molecule has 0 aliphatic carbocycles. The van der Waals surface area contributed by atoms with Gasteiger partial charge in [-0.2, -0.15) is 0 Å². The molecule has 4 aromatic rings. The zero-order chi connectivity index (χ0) is 23.4. The van der Waals surface area contributed by atoms with Crippen LogP contribution in [0.1, 0.15) is 11.3 Å². The third-order valence-corrected chi connectivity index (χ3v) is 7.19. The molecule has 2 aromatic carbocycles. The number of carbonyl (C=O) groups excluding carboxylic acids is 1. The molecule has 0 saturated carbocycles. The molecule has 0 fully saturated rings. The predicted molar refractivity (Wildman–Crippen MR) is 125 cm³/mol. The Balaban J connectivity index is 1.39. The van der Waals surface area contributed by atoms with E-state index in [1.807, 2.05) is 24.3 Å². The summed E-state index contributed by atoms with van der Waals surface area (Å²) in [7, 11) is -3.79. The van der Waals surface area contributed by atoms with Crippen molar-refractivity contribution in [3.63, 3.8) is 0 Å². The van der Waals surface area contributed by atoms with Crippen molar-refractivity contribution in [2.24, 2.45) is 0 Å². The highest BCUT2D eigenvalue weighted by atomic mass is 32.2. The first kappa shape index (κ1) is 22.5. The molecule has 2 aromatic heterocycles. The van der Waals surface area contributed by atoms with Crippen molar-refractivity contribution in [3.05, 3.63) is 77.4 Å². The number of carboxylic acid groups (broad SMARTS) is 1. The Bertz CT molecular complexity index is 1400. The standard InChI is InChI=1S/C22H20N4O5S2/c27-20(25-19(21(28)29)10-14-12-23-18-9-5-4-8-17(14)18)11-15-13-32-22(24-15)26-33(30,31)16-6-2-1-3-7-16/h1-9,12-13,19,23H,10-11H2,(H,24,26)(H,25,27)(H,28,29).